The molecule has 6 heteroatoms. The van der Waals surface area contributed by atoms with Crippen molar-refractivity contribution in [2.45, 2.75) is 32.4 Å². The number of fused-ring (bicyclic) bond motifs is 1. The van der Waals surface area contributed by atoms with Gasteiger partial charge >= 0.3 is 0 Å². The Balaban J connectivity index is 1.96. The van der Waals surface area contributed by atoms with E-state index in [1.165, 1.54) is 0 Å². The maximum absolute atomic E-state index is 12.7. The molecule has 1 atom stereocenters. The molecule has 3 rings (SSSR count). The summed E-state index contributed by atoms with van der Waals surface area (Å²) in [4.78, 5) is 39.6. The Morgan fingerprint density at radius 3 is 2.59 bits per heavy atom. The Kier molecular flexibility index (Phi) is 3.39. The fourth-order valence-electron chi connectivity index (χ4n) is 3.18. The monoisotopic (exact) mass is 301 g/mol. The minimum atomic E-state index is -0.562. The van der Waals surface area contributed by atoms with Gasteiger partial charge in [-0.15, -0.1) is 0 Å². The Labute approximate surface area is 129 Å². The summed E-state index contributed by atoms with van der Waals surface area (Å²) in [7, 11) is 3.88. The van der Waals surface area contributed by atoms with Gasteiger partial charge in [0, 0.05) is 43.9 Å². The number of nitrogens with one attached hydrogen (secondary N) is 1. The van der Waals surface area contributed by atoms with Crippen LogP contribution in [0.25, 0.3) is 0 Å². The van der Waals surface area contributed by atoms with Gasteiger partial charge in [-0.25, -0.2) is 0 Å². The van der Waals surface area contributed by atoms with Crippen molar-refractivity contribution in [3.05, 3.63) is 28.8 Å². The van der Waals surface area contributed by atoms with Crippen LogP contribution in [0.15, 0.2) is 12.1 Å². The van der Waals surface area contributed by atoms with E-state index in [-0.39, 0.29) is 24.1 Å². The van der Waals surface area contributed by atoms with Gasteiger partial charge in [-0.05, 0) is 31.0 Å². The summed E-state index contributed by atoms with van der Waals surface area (Å²) in [5, 5.41) is 2.32. The molecule has 1 aromatic rings. The molecule has 3 amide bonds. The average Bonchev–Trinajstić information content (AvgIpc) is 2.75. The molecule has 0 aromatic heterocycles. The average molecular weight is 301 g/mol. The zero-order chi connectivity index (χ0) is 16.0. The molecule has 1 N–H and O–H groups in total. The summed E-state index contributed by atoms with van der Waals surface area (Å²) in [6.07, 6.45) is 0.663. The molecule has 116 valence electrons. The number of hydrogen-bond donors (Lipinski definition) is 1. The molecular formula is C16H19N3O3. The van der Waals surface area contributed by atoms with Crippen LogP contribution in [-0.4, -0.2) is 42.8 Å². The van der Waals surface area contributed by atoms with E-state index >= 15 is 0 Å². The van der Waals surface area contributed by atoms with Crippen LogP contribution in [0.2, 0.25) is 0 Å². The summed E-state index contributed by atoms with van der Waals surface area (Å²) in [5.74, 6) is -0.771. The minimum absolute atomic E-state index is 0.128. The summed E-state index contributed by atoms with van der Waals surface area (Å²) in [5.41, 5.74) is 3.62. The van der Waals surface area contributed by atoms with Crippen LogP contribution < -0.4 is 10.2 Å². The topological polar surface area (TPSA) is 69.7 Å². The summed E-state index contributed by atoms with van der Waals surface area (Å²) in [6.45, 7) is 2.36. The van der Waals surface area contributed by atoms with Crippen molar-refractivity contribution in [1.29, 1.82) is 0 Å². The van der Waals surface area contributed by atoms with Gasteiger partial charge in [0.15, 0.2) is 0 Å². The molecule has 0 aliphatic carbocycles. The molecule has 0 saturated carbocycles. The van der Waals surface area contributed by atoms with Crippen LogP contribution in [0.3, 0.4) is 0 Å². The minimum Gasteiger partial charge on any atom is -0.377 e. The molecule has 0 radical (unpaired) electrons. The summed E-state index contributed by atoms with van der Waals surface area (Å²) in [6, 6.07) is 3.35. The van der Waals surface area contributed by atoms with Gasteiger partial charge in [0.25, 0.3) is 5.91 Å². The van der Waals surface area contributed by atoms with Gasteiger partial charge in [0.2, 0.25) is 11.8 Å². The van der Waals surface area contributed by atoms with E-state index in [0.29, 0.717) is 18.5 Å². The number of hydrogen-bond acceptors (Lipinski definition) is 4. The predicted octanol–water partition coefficient (Wildman–Crippen LogP) is 0.822. The number of rotatable bonds is 2. The first-order valence-corrected chi connectivity index (χ1v) is 7.34. The predicted molar refractivity (Wildman–Crippen MR) is 81.6 cm³/mol. The molecule has 1 aromatic carbocycles. The van der Waals surface area contributed by atoms with Crippen molar-refractivity contribution in [3.63, 3.8) is 0 Å². The number of piperidine rings is 1. The van der Waals surface area contributed by atoms with Gasteiger partial charge in [-0.1, -0.05) is 0 Å². The Bertz CT molecular complexity index is 681. The van der Waals surface area contributed by atoms with Crippen LogP contribution in [0, 0.1) is 6.92 Å². The van der Waals surface area contributed by atoms with Crippen LogP contribution in [0.4, 0.5) is 5.69 Å². The van der Waals surface area contributed by atoms with Gasteiger partial charge in [0.1, 0.15) is 6.04 Å². The van der Waals surface area contributed by atoms with Gasteiger partial charge < -0.3 is 9.80 Å². The second kappa shape index (κ2) is 5.12. The van der Waals surface area contributed by atoms with Crippen molar-refractivity contribution >= 4 is 23.4 Å². The molecule has 2 aliphatic rings. The highest BCUT2D eigenvalue weighted by Gasteiger charge is 2.40. The normalized spacial score (nSPS) is 21.0. The van der Waals surface area contributed by atoms with Gasteiger partial charge in [0.05, 0.1) is 0 Å². The van der Waals surface area contributed by atoms with Crippen molar-refractivity contribution in [2.24, 2.45) is 0 Å². The van der Waals surface area contributed by atoms with E-state index in [1.54, 1.807) is 4.90 Å². The Morgan fingerprint density at radius 1 is 1.23 bits per heavy atom. The fourth-order valence-corrected chi connectivity index (χ4v) is 3.18. The highest BCUT2D eigenvalue weighted by atomic mass is 16.2. The summed E-state index contributed by atoms with van der Waals surface area (Å²) < 4.78 is 0. The molecule has 6 nitrogen and oxygen atoms in total. The number of benzene rings is 1. The molecule has 2 aliphatic heterocycles. The number of carbonyl (C=O) groups is 3. The third-order valence-corrected chi connectivity index (χ3v) is 4.26. The number of aryl methyl sites for hydroxylation is 1. The van der Waals surface area contributed by atoms with E-state index in [9.17, 15) is 14.4 Å². The lowest BCUT2D eigenvalue weighted by atomic mass is 10.0. The van der Waals surface area contributed by atoms with E-state index in [4.69, 9.17) is 0 Å². The lowest BCUT2D eigenvalue weighted by Gasteiger charge is -2.29. The van der Waals surface area contributed by atoms with Crippen LogP contribution in [-0.2, 0) is 16.1 Å². The Morgan fingerprint density at radius 2 is 1.95 bits per heavy atom. The lowest BCUT2D eigenvalue weighted by Crippen LogP contribution is -2.52. The molecular weight excluding hydrogens is 282 g/mol. The molecule has 22 heavy (non-hydrogen) atoms. The van der Waals surface area contributed by atoms with E-state index in [1.807, 2.05) is 38.1 Å². The first kappa shape index (κ1) is 14.6. The molecule has 2 heterocycles. The molecule has 1 fully saturated rings. The van der Waals surface area contributed by atoms with Crippen molar-refractivity contribution in [1.82, 2.24) is 10.2 Å². The lowest BCUT2D eigenvalue weighted by molar-refractivity contribution is -0.136. The van der Waals surface area contributed by atoms with Crippen molar-refractivity contribution < 1.29 is 14.4 Å². The SMILES string of the molecule is Cc1cc2c(c(N(C)C)c1)CN(C1CCC(=O)NC1=O)C2=O. The second-order valence-corrected chi connectivity index (χ2v) is 6.10. The first-order chi connectivity index (χ1) is 10.4. The smallest absolute Gasteiger partial charge is 0.255 e. The van der Waals surface area contributed by atoms with Crippen molar-refractivity contribution in [2.75, 3.05) is 19.0 Å². The maximum Gasteiger partial charge on any atom is 0.255 e. The summed E-state index contributed by atoms with van der Waals surface area (Å²) >= 11 is 0. The van der Waals surface area contributed by atoms with Crippen LogP contribution in [0.5, 0.6) is 0 Å². The standard InChI is InChI=1S/C16H19N3O3/c1-9-6-10-11(13(7-9)18(2)3)8-19(16(10)22)12-4-5-14(20)17-15(12)21/h6-7,12H,4-5,8H2,1-3H3,(H,17,20,21). The number of amides is 3. The second-order valence-electron chi connectivity index (χ2n) is 6.10. The largest absolute Gasteiger partial charge is 0.377 e. The van der Waals surface area contributed by atoms with Crippen LogP contribution in [0.1, 0.15) is 34.3 Å². The molecule has 1 saturated heterocycles. The third kappa shape index (κ3) is 2.24. The molecule has 1 unspecified atom stereocenters. The molecule has 0 spiro atoms. The zero-order valence-corrected chi connectivity index (χ0v) is 13.0. The first-order valence-electron chi connectivity index (χ1n) is 7.34. The highest BCUT2D eigenvalue weighted by Crippen LogP contribution is 2.34. The maximum atomic E-state index is 12.7. The number of nitrogens with zero attached hydrogens (tertiary/aromatic N) is 2. The van der Waals surface area contributed by atoms with Gasteiger partial charge in [-0.3, -0.25) is 19.7 Å². The fraction of sp³-hybridized carbons (Fsp3) is 0.438. The van der Waals surface area contributed by atoms with E-state index in [0.717, 1.165) is 16.8 Å². The quantitative estimate of drug-likeness (QED) is 0.821. The van der Waals surface area contributed by atoms with Crippen molar-refractivity contribution in [3.8, 4) is 0 Å². The number of anilines is 1. The number of imide groups is 1. The zero-order valence-electron chi connectivity index (χ0n) is 13.0. The molecule has 0 bridgehead atoms. The Hall–Kier alpha value is -2.37. The van der Waals surface area contributed by atoms with E-state index < -0.39 is 6.04 Å². The number of carbonyl (C=O) groups excluding carboxylic acids is 3. The van der Waals surface area contributed by atoms with Gasteiger partial charge in [-0.2, -0.15) is 0 Å². The van der Waals surface area contributed by atoms with E-state index in [2.05, 4.69) is 5.32 Å². The third-order valence-electron chi connectivity index (χ3n) is 4.26. The highest BCUT2D eigenvalue weighted by molar-refractivity contribution is 6.06. The van der Waals surface area contributed by atoms with Crippen LogP contribution >= 0.6 is 0 Å².